The lowest BCUT2D eigenvalue weighted by Crippen LogP contribution is -2.50. The van der Waals surface area contributed by atoms with Crippen molar-refractivity contribution in [3.8, 4) is 0 Å². The molecule has 0 unspecified atom stereocenters. The predicted molar refractivity (Wildman–Crippen MR) is 87.6 cm³/mol. The highest BCUT2D eigenvalue weighted by molar-refractivity contribution is 5.26. The molecule has 3 rings (SSSR count). The third kappa shape index (κ3) is 2.02. The van der Waals surface area contributed by atoms with Gasteiger partial charge >= 0.3 is 0 Å². The van der Waals surface area contributed by atoms with Crippen molar-refractivity contribution >= 4 is 0 Å². The van der Waals surface area contributed by atoms with E-state index in [4.69, 9.17) is 0 Å². The molecule has 0 heterocycles. The monoisotopic (exact) mass is 272 g/mol. The van der Waals surface area contributed by atoms with Gasteiger partial charge in [0, 0.05) is 5.41 Å². The molecule has 0 spiro atoms. The van der Waals surface area contributed by atoms with Gasteiger partial charge in [-0.15, -0.1) is 6.58 Å². The van der Waals surface area contributed by atoms with Gasteiger partial charge in [0.2, 0.25) is 0 Å². The Labute approximate surface area is 125 Å². The van der Waals surface area contributed by atoms with E-state index < -0.39 is 0 Å². The fourth-order valence-corrected chi connectivity index (χ4v) is 6.01. The summed E-state index contributed by atoms with van der Waals surface area (Å²) < 4.78 is 0. The smallest absolute Gasteiger partial charge is 0.00330 e. The molecule has 0 saturated heterocycles. The van der Waals surface area contributed by atoms with Crippen LogP contribution in [-0.2, 0) is 0 Å². The molecule has 0 N–H and O–H groups in total. The highest BCUT2D eigenvalue weighted by Crippen LogP contribution is 2.63. The maximum Gasteiger partial charge on any atom is 0.00330 e. The maximum atomic E-state index is 4.07. The topological polar surface area (TPSA) is 0 Å². The Morgan fingerprint density at radius 1 is 1.10 bits per heavy atom. The summed E-state index contributed by atoms with van der Waals surface area (Å²) in [5, 5.41) is 0. The third-order valence-electron chi connectivity index (χ3n) is 7.19. The van der Waals surface area contributed by atoms with Crippen molar-refractivity contribution in [3.63, 3.8) is 0 Å². The highest BCUT2D eigenvalue weighted by Gasteiger charge is 2.54. The Balaban J connectivity index is 1.97. The second kappa shape index (κ2) is 4.49. The van der Waals surface area contributed by atoms with Crippen molar-refractivity contribution in [1.82, 2.24) is 0 Å². The van der Waals surface area contributed by atoms with Crippen LogP contribution in [-0.4, -0.2) is 0 Å². The minimum Gasteiger partial charge on any atom is -0.102 e. The second-order valence-electron chi connectivity index (χ2n) is 8.96. The molecule has 0 aromatic rings. The van der Waals surface area contributed by atoms with E-state index in [0.29, 0.717) is 10.8 Å². The van der Waals surface area contributed by atoms with E-state index in [2.05, 4.69) is 46.4 Å². The first kappa shape index (κ1) is 14.4. The Morgan fingerprint density at radius 3 is 2.55 bits per heavy atom. The Kier molecular flexibility index (Phi) is 3.23. The molecule has 112 valence electrons. The van der Waals surface area contributed by atoms with Crippen molar-refractivity contribution in [2.24, 2.45) is 28.1 Å². The maximum absolute atomic E-state index is 4.07. The zero-order valence-electron chi connectivity index (χ0n) is 14.0. The van der Waals surface area contributed by atoms with Gasteiger partial charge in [-0.1, -0.05) is 51.8 Å². The molecular formula is C20H32. The van der Waals surface area contributed by atoms with E-state index in [1.807, 2.05) is 0 Å². The Bertz CT molecular complexity index is 441. The van der Waals surface area contributed by atoms with E-state index in [9.17, 15) is 0 Å². The molecule has 3 aliphatic carbocycles. The number of rotatable bonds is 1. The van der Waals surface area contributed by atoms with Crippen LogP contribution >= 0.6 is 0 Å². The van der Waals surface area contributed by atoms with Gasteiger partial charge < -0.3 is 0 Å². The SMILES string of the molecule is C=C[C@]1(C)C=C2CC[C@H]3C(C)(C)CCC[C@@]3(C)[C@@H]2CC1. The number of fused-ring (bicyclic) bond motifs is 3. The standard InChI is InChI=1S/C20H32/c1-6-19(4)13-10-16-15(14-19)8-9-17-18(2,3)11-7-12-20(16,17)5/h6,14,16-17H,1,7-13H2,2-5H3/t16-,17+,19+,20+/m1/s1. The lowest BCUT2D eigenvalue weighted by atomic mass is 9.45. The molecule has 2 fully saturated rings. The van der Waals surface area contributed by atoms with Crippen molar-refractivity contribution in [3.05, 3.63) is 24.3 Å². The Hall–Kier alpha value is -0.520. The van der Waals surface area contributed by atoms with Crippen LogP contribution < -0.4 is 0 Å². The first-order valence-electron chi connectivity index (χ1n) is 8.66. The van der Waals surface area contributed by atoms with Gasteiger partial charge in [0.05, 0.1) is 0 Å². The fourth-order valence-electron chi connectivity index (χ4n) is 6.01. The quantitative estimate of drug-likeness (QED) is 0.503. The molecule has 0 bridgehead atoms. The van der Waals surface area contributed by atoms with Crippen molar-refractivity contribution in [1.29, 1.82) is 0 Å². The van der Waals surface area contributed by atoms with Gasteiger partial charge in [-0.05, 0) is 61.2 Å². The summed E-state index contributed by atoms with van der Waals surface area (Å²) in [6.07, 6.45) is 14.5. The number of hydrogen-bond donors (Lipinski definition) is 0. The highest BCUT2D eigenvalue weighted by atomic mass is 14.6. The van der Waals surface area contributed by atoms with Crippen molar-refractivity contribution in [2.75, 3.05) is 0 Å². The molecule has 0 heteroatoms. The summed E-state index contributed by atoms with van der Waals surface area (Å²) in [4.78, 5) is 0. The average Bonchev–Trinajstić information content (AvgIpc) is 2.37. The van der Waals surface area contributed by atoms with Gasteiger partial charge in [-0.3, -0.25) is 0 Å². The van der Waals surface area contributed by atoms with Gasteiger partial charge in [-0.2, -0.15) is 0 Å². The largest absolute Gasteiger partial charge is 0.102 e. The molecule has 0 aliphatic heterocycles. The van der Waals surface area contributed by atoms with Gasteiger partial charge in [0.25, 0.3) is 0 Å². The molecule has 4 atom stereocenters. The zero-order valence-corrected chi connectivity index (χ0v) is 14.0. The first-order chi connectivity index (χ1) is 9.31. The van der Waals surface area contributed by atoms with Crippen LogP contribution in [0.1, 0.15) is 72.6 Å². The van der Waals surface area contributed by atoms with Crippen LogP contribution in [0.15, 0.2) is 24.3 Å². The molecular weight excluding hydrogens is 240 g/mol. The summed E-state index contributed by atoms with van der Waals surface area (Å²) in [7, 11) is 0. The van der Waals surface area contributed by atoms with Gasteiger partial charge in [-0.25, -0.2) is 0 Å². The number of allylic oxidation sites excluding steroid dienone is 3. The van der Waals surface area contributed by atoms with Crippen LogP contribution in [0.5, 0.6) is 0 Å². The minimum atomic E-state index is 0.263. The summed E-state index contributed by atoms with van der Waals surface area (Å²) in [5.74, 6) is 1.79. The summed E-state index contributed by atoms with van der Waals surface area (Å²) in [6.45, 7) is 14.1. The molecule has 20 heavy (non-hydrogen) atoms. The van der Waals surface area contributed by atoms with E-state index in [-0.39, 0.29) is 5.41 Å². The van der Waals surface area contributed by atoms with Crippen molar-refractivity contribution in [2.45, 2.75) is 72.6 Å². The second-order valence-corrected chi connectivity index (χ2v) is 8.96. The van der Waals surface area contributed by atoms with E-state index in [0.717, 1.165) is 11.8 Å². The summed E-state index contributed by atoms with van der Waals surface area (Å²) in [5.41, 5.74) is 3.15. The third-order valence-corrected chi connectivity index (χ3v) is 7.19. The predicted octanol–water partition coefficient (Wildman–Crippen LogP) is 6.14. The summed E-state index contributed by atoms with van der Waals surface area (Å²) >= 11 is 0. The van der Waals surface area contributed by atoms with E-state index >= 15 is 0 Å². The lowest BCUT2D eigenvalue weighted by Gasteiger charge is -2.59. The molecule has 0 aromatic heterocycles. The van der Waals surface area contributed by atoms with Crippen LogP contribution in [0.3, 0.4) is 0 Å². The average molecular weight is 272 g/mol. The van der Waals surface area contributed by atoms with Crippen LogP contribution in [0.25, 0.3) is 0 Å². The fraction of sp³-hybridized carbons (Fsp3) is 0.800. The first-order valence-corrected chi connectivity index (χ1v) is 8.66. The van der Waals surface area contributed by atoms with Crippen LogP contribution in [0, 0.1) is 28.1 Å². The molecule has 3 aliphatic rings. The van der Waals surface area contributed by atoms with Crippen LogP contribution in [0.4, 0.5) is 0 Å². The number of hydrogen-bond acceptors (Lipinski definition) is 0. The van der Waals surface area contributed by atoms with E-state index in [1.54, 1.807) is 5.57 Å². The molecule has 0 amide bonds. The minimum absolute atomic E-state index is 0.263. The van der Waals surface area contributed by atoms with Crippen molar-refractivity contribution < 1.29 is 0 Å². The lowest BCUT2D eigenvalue weighted by molar-refractivity contribution is -0.0587. The Morgan fingerprint density at radius 2 is 1.85 bits per heavy atom. The summed E-state index contributed by atoms with van der Waals surface area (Å²) in [6, 6.07) is 0. The molecule has 0 radical (unpaired) electrons. The molecule has 0 nitrogen and oxygen atoms in total. The van der Waals surface area contributed by atoms with Gasteiger partial charge in [0.15, 0.2) is 0 Å². The van der Waals surface area contributed by atoms with Crippen LogP contribution in [0.2, 0.25) is 0 Å². The zero-order chi connectivity index (χ0) is 14.6. The molecule has 2 saturated carbocycles. The van der Waals surface area contributed by atoms with E-state index in [1.165, 1.54) is 44.9 Å². The molecule has 0 aromatic carbocycles. The normalized spacial score (nSPS) is 46.9. The van der Waals surface area contributed by atoms with Gasteiger partial charge in [0.1, 0.15) is 0 Å².